The number of phenolic OH excluding ortho intramolecular Hbond substituents is 1. The highest BCUT2D eigenvalue weighted by atomic mass is 35.5. The Morgan fingerprint density at radius 2 is 1.74 bits per heavy atom. The molecule has 3 amide bonds. The number of hydrogen-bond acceptors (Lipinski definition) is 6. The van der Waals surface area contributed by atoms with Crippen molar-refractivity contribution in [2.75, 3.05) is 5.88 Å². The molecule has 0 bridgehead atoms. The van der Waals surface area contributed by atoms with Crippen LogP contribution in [0, 0.1) is 13.8 Å². The predicted molar refractivity (Wildman–Crippen MR) is 165 cm³/mol. The number of phenols is 1. The summed E-state index contributed by atoms with van der Waals surface area (Å²) in [5, 5.41) is 27.9. The number of halogens is 1. The largest absolute Gasteiger partial charge is 0.508 e. The molecular weight excluding hydrogens is 574 g/mol. The molecule has 0 spiro atoms. The topological polar surface area (TPSA) is 119 Å². The van der Waals surface area contributed by atoms with Gasteiger partial charge in [-0.3, -0.25) is 14.4 Å². The van der Waals surface area contributed by atoms with Gasteiger partial charge in [0.15, 0.2) is 6.10 Å². The lowest BCUT2D eigenvalue weighted by molar-refractivity contribution is -0.147. The zero-order valence-electron chi connectivity index (χ0n) is 24.1. The minimum Gasteiger partial charge on any atom is -0.508 e. The highest BCUT2D eigenvalue weighted by Crippen LogP contribution is 2.40. The number of carbonyl (C=O) groups excluding carboxylic acids is 3. The van der Waals surface area contributed by atoms with Crippen LogP contribution in [0.25, 0.3) is 0 Å². The molecule has 3 atom stereocenters. The molecule has 0 aliphatic carbocycles. The molecule has 0 aromatic heterocycles. The molecule has 3 aromatic rings. The highest BCUT2D eigenvalue weighted by Gasteiger charge is 2.49. The normalized spacial score (nSPS) is 17.4. The van der Waals surface area contributed by atoms with E-state index in [1.807, 2.05) is 45.0 Å². The fraction of sp³-hybridized carbons (Fsp3) is 0.344. The number of benzene rings is 3. The first kappa shape index (κ1) is 31.4. The van der Waals surface area contributed by atoms with Crippen molar-refractivity contribution < 1.29 is 24.6 Å². The summed E-state index contributed by atoms with van der Waals surface area (Å²) in [5.41, 5.74) is 3.36. The summed E-state index contributed by atoms with van der Waals surface area (Å²) in [6, 6.07) is 17.4. The van der Waals surface area contributed by atoms with E-state index >= 15 is 0 Å². The lowest BCUT2D eigenvalue weighted by Crippen LogP contribution is -2.58. The SMILES string of the molecule is Cc1ccccc1CNC(=O)[C@H]1N(C(=O)[C@@H](O)[C@H](Cc2ccc(Cl)cc2)NC(=O)c2cccc(O)c2C)CSC1(C)C. The predicted octanol–water partition coefficient (Wildman–Crippen LogP) is 4.36. The van der Waals surface area contributed by atoms with Crippen LogP contribution in [0.5, 0.6) is 5.75 Å². The molecule has 42 heavy (non-hydrogen) atoms. The van der Waals surface area contributed by atoms with E-state index in [2.05, 4.69) is 10.6 Å². The molecule has 4 N–H and O–H groups in total. The van der Waals surface area contributed by atoms with Crippen LogP contribution < -0.4 is 10.6 Å². The molecule has 10 heteroatoms. The summed E-state index contributed by atoms with van der Waals surface area (Å²) in [6.45, 7) is 7.69. The van der Waals surface area contributed by atoms with Gasteiger partial charge in [-0.25, -0.2) is 0 Å². The van der Waals surface area contributed by atoms with Crippen molar-refractivity contribution >= 4 is 41.1 Å². The van der Waals surface area contributed by atoms with Crippen LogP contribution >= 0.6 is 23.4 Å². The van der Waals surface area contributed by atoms with Gasteiger partial charge in [0.2, 0.25) is 5.91 Å². The summed E-state index contributed by atoms with van der Waals surface area (Å²) in [4.78, 5) is 42.1. The maximum Gasteiger partial charge on any atom is 0.254 e. The van der Waals surface area contributed by atoms with E-state index in [4.69, 9.17) is 11.6 Å². The molecule has 4 rings (SSSR count). The monoisotopic (exact) mass is 609 g/mol. The number of nitrogens with zero attached hydrogens (tertiary/aromatic N) is 1. The van der Waals surface area contributed by atoms with Gasteiger partial charge >= 0.3 is 0 Å². The third kappa shape index (κ3) is 7.09. The average molecular weight is 610 g/mol. The maximum atomic E-state index is 13.9. The Labute approximate surface area is 255 Å². The van der Waals surface area contributed by atoms with E-state index in [-0.39, 0.29) is 29.5 Å². The lowest BCUT2D eigenvalue weighted by atomic mass is 9.96. The van der Waals surface area contributed by atoms with Crippen molar-refractivity contribution in [3.63, 3.8) is 0 Å². The molecule has 0 radical (unpaired) electrons. The van der Waals surface area contributed by atoms with E-state index in [9.17, 15) is 24.6 Å². The summed E-state index contributed by atoms with van der Waals surface area (Å²) in [6.07, 6.45) is -1.52. The zero-order valence-corrected chi connectivity index (χ0v) is 25.6. The smallest absolute Gasteiger partial charge is 0.254 e. The van der Waals surface area contributed by atoms with Crippen LogP contribution in [0.3, 0.4) is 0 Å². The number of amides is 3. The molecule has 0 unspecified atom stereocenters. The number of aryl methyl sites for hydroxylation is 1. The molecular formula is C32H36ClN3O5S. The average Bonchev–Trinajstić information content (AvgIpc) is 3.28. The van der Waals surface area contributed by atoms with Crippen LogP contribution in [0.1, 0.15) is 46.5 Å². The summed E-state index contributed by atoms with van der Waals surface area (Å²) in [7, 11) is 0. The van der Waals surface area contributed by atoms with E-state index in [1.165, 1.54) is 22.7 Å². The van der Waals surface area contributed by atoms with Crippen molar-refractivity contribution in [3.8, 4) is 5.75 Å². The number of hydrogen-bond donors (Lipinski definition) is 4. The summed E-state index contributed by atoms with van der Waals surface area (Å²) >= 11 is 7.50. The van der Waals surface area contributed by atoms with Gasteiger partial charge in [0.05, 0.1) is 11.9 Å². The van der Waals surface area contributed by atoms with Crippen molar-refractivity contribution in [1.82, 2.24) is 15.5 Å². The van der Waals surface area contributed by atoms with E-state index in [0.717, 1.165) is 16.7 Å². The number of thioether (sulfide) groups is 1. The van der Waals surface area contributed by atoms with Crippen LogP contribution in [0.15, 0.2) is 66.7 Å². The van der Waals surface area contributed by atoms with Gasteiger partial charge < -0.3 is 25.7 Å². The Bertz CT molecular complexity index is 1460. The second-order valence-corrected chi connectivity index (χ2v) is 13.1. The van der Waals surface area contributed by atoms with Crippen LogP contribution in [0.2, 0.25) is 5.02 Å². The number of aliphatic hydroxyl groups excluding tert-OH is 1. The van der Waals surface area contributed by atoms with Gasteiger partial charge in [0, 0.05) is 27.4 Å². The van der Waals surface area contributed by atoms with Gasteiger partial charge in [-0.15, -0.1) is 11.8 Å². The van der Waals surface area contributed by atoms with Crippen LogP contribution in [-0.4, -0.2) is 61.6 Å². The molecule has 1 heterocycles. The number of nitrogens with one attached hydrogen (secondary N) is 2. The second kappa shape index (κ2) is 13.2. The van der Waals surface area contributed by atoms with Crippen LogP contribution in [-0.2, 0) is 22.6 Å². The number of aromatic hydroxyl groups is 1. The summed E-state index contributed by atoms with van der Waals surface area (Å²) in [5.74, 6) is -1.35. The molecule has 3 aromatic carbocycles. The molecule has 1 aliphatic rings. The molecule has 1 fully saturated rings. The number of rotatable bonds is 9. The summed E-state index contributed by atoms with van der Waals surface area (Å²) < 4.78 is -0.612. The third-order valence-electron chi connectivity index (χ3n) is 7.66. The first-order valence-electron chi connectivity index (χ1n) is 13.7. The van der Waals surface area contributed by atoms with Crippen molar-refractivity contribution in [2.24, 2.45) is 0 Å². The maximum absolute atomic E-state index is 13.9. The van der Waals surface area contributed by atoms with E-state index in [0.29, 0.717) is 17.1 Å². The van der Waals surface area contributed by atoms with Gasteiger partial charge in [0.25, 0.3) is 11.8 Å². The molecule has 222 valence electrons. The first-order valence-corrected chi connectivity index (χ1v) is 15.0. The van der Waals surface area contributed by atoms with Crippen LogP contribution in [0.4, 0.5) is 0 Å². The highest BCUT2D eigenvalue weighted by molar-refractivity contribution is 8.00. The molecule has 1 saturated heterocycles. The Kier molecular flexibility index (Phi) is 9.86. The zero-order chi connectivity index (χ0) is 30.6. The third-order valence-corrected chi connectivity index (χ3v) is 9.29. The quantitative estimate of drug-likeness (QED) is 0.286. The molecule has 1 aliphatic heterocycles. The Morgan fingerprint density at radius 1 is 1.05 bits per heavy atom. The van der Waals surface area contributed by atoms with Gasteiger partial charge in [-0.2, -0.15) is 0 Å². The standard InChI is InChI=1S/C32H36ClN3O5S/c1-19-8-5-6-9-22(19)17-34-30(40)28-32(3,4)42-18-36(28)31(41)27(38)25(16-21-12-14-23(33)15-13-21)35-29(39)24-10-7-11-26(37)20(24)2/h5-15,25,27-28,37-38H,16-18H2,1-4H3,(H,34,40)(H,35,39)/t25-,27-,28+/m0/s1. The minimum absolute atomic E-state index is 0.0376. The van der Waals surface area contributed by atoms with Gasteiger partial charge in [-0.1, -0.05) is 54.1 Å². The number of carbonyl (C=O) groups is 3. The van der Waals surface area contributed by atoms with Crippen molar-refractivity contribution in [3.05, 3.63) is 99.6 Å². The van der Waals surface area contributed by atoms with Crippen molar-refractivity contribution in [2.45, 2.75) is 63.6 Å². The molecule has 8 nitrogen and oxygen atoms in total. The van der Waals surface area contributed by atoms with E-state index in [1.54, 1.807) is 43.3 Å². The van der Waals surface area contributed by atoms with Crippen molar-refractivity contribution in [1.29, 1.82) is 0 Å². The molecule has 0 saturated carbocycles. The van der Waals surface area contributed by atoms with Gasteiger partial charge in [0.1, 0.15) is 11.8 Å². The lowest BCUT2D eigenvalue weighted by Gasteiger charge is -2.33. The minimum atomic E-state index is -1.65. The Balaban J connectivity index is 1.57. The fourth-order valence-electron chi connectivity index (χ4n) is 5.07. The Hall–Kier alpha value is -3.53. The Morgan fingerprint density at radius 3 is 2.43 bits per heavy atom. The second-order valence-electron chi connectivity index (χ2n) is 11.0. The fourth-order valence-corrected chi connectivity index (χ4v) is 6.34. The van der Waals surface area contributed by atoms with E-state index < -0.39 is 34.7 Å². The first-order chi connectivity index (χ1) is 19.9. The van der Waals surface area contributed by atoms with Gasteiger partial charge in [-0.05, 0) is 75.1 Å². The number of aliphatic hydroxyl groups is 1.